The molecule has 0 atom stereocenters. The van der Waals surface area contributed by atoms with Crippen molar-refractivity contribution in [1.29, 1.82) is 0 Å². The van der Waals surface area contributed by atoms with Crippen LogP contribution in [0, 0.1) is 0 Å². The minimum absolute atomic E-state index is 0.215. The van der Waals surface area contributed by atoms with Crippen LogP contribution in [0.15, 0.2) is 17.6 Å². The fourth-order valence-corrected chi connectivity index (χ4v) is 3.02. The van der Waals surface area contributed by atoms with Gasteiger partial charge in [0, 0.05) is 6.54 Å². The quantitative estimate of drug-likeness (QED) is 0.526. The van der Waals surface area contributed by atoms with E-state index in [2.05, 4.69) is 21.9 Å². The molecular weight excluding hydrogens is 322 g/mol. The highest BCUT2D eigenvalue weighted by Crippen LogP contribution is 2.31. The molecule has 0 fully saturated rings. The fraction of sp³-hybridized carbons (Fsp3) is 0.500. The number of nitrogens with one attached hydrogen (secondary N) is 1. The van der Waals surface area contributed by atoms with Gasteiger partial charge in [0.25, 0.3) is 5.91 Å². The Balaban J connectivity index is 3.31. The molecule has 0 aromatic carbocycles. The van der Waals surface area contributed by atoms with Gasteiger partial charge in [-0.05, 0) is 6.42 Å². The van der Waals surface area contributed by atoms with Gasteiger partial charge in [-0.15, -0.1) is 6.58 Å². The van der Waals surface area contributed by atoms with Gasteiger partial charge in [-0.3, -0.25) is 4.79 Å². The summed E-state index contributed by atoms with van der Waals surface area (Å²) in [6, 6.07) is 0. The minimum Gasteiger partial charge on any atom is -0.480 e. The van der Waals surface area contributed by atoms with Crippen molar-refractivity contribution in [1.82, 2.24) is 15.3 Å². The van der Waals surface area contributed by atoms with Crippen molar-refractivity contribution in [3.8, 4) is 11.8 Å². The number of hydrogen-bond donors (Lipinski definition) is 1. The van der Waals surface area contributed by atoms with E-state index in [-0.39, 0.29) is 28.2 Å². The minimum atomic E-state index is -3.78. The Labute approximate surface area is 135 Å². The van der Waals surface area contributed by atoms with Gasteiger partial charge in [0.1, 0.15) is 0 Å². The summed E-state index contributed by atoms with van der Waals surface area (Å²) in [6.45, 7) is 5.87. The highest BCUT2D eigenvalue weighted by atomic mass is 32.2. The zero-order valence-corrected chi connectivity index (χ0v) is 14.3. The number of rotatable bonds is 9. The van der Waals surface area contributed by atoms with Crippen molar-refractivity contribution in [2.24, 2.45) is 0 Å². The molecule has 1 aromatic rings. The standard InChI is InChI=1S/C14H21N3O5S/c1-5-7-8-15-12(18)11-16-13(21-3)10(14(17-11)22-4)23(19,20)9-6-2/h6H,2,5,7-9H2,1,3-4H3,(H,15,18). The van der Waals surface area contributed by atoms with E-state index in [1.165, 1.54) is 20.3 Å². The first-order chi connectivity index (χ1) is 10.9. The monoisotopic (exact) mass is 343 g/mol. The second-order valence-electron chi connectivity index (χ2n) is 4.57. The predicted molar refractivity (Wildman–Crippen MR) is 84.6 cm³/mol. The van der Waals surface area contributed by atoms with Gasteiger partial charge in [0.05, 0.1) is 20.0 Å². The van der Waals surface area contributed by atoms with E-state index in [1.807, 2.05) is 6.92 Å². The molecule has 0 aliphatic heterocycles. The van der Waals surface area contributed by atoms with E-state index in [0.717, 1.165) is 12.8 Å². The van der Waals surface area contributed by atoms with Gasteiger partial charge in [-0.2, -0.15) is 9.97 Å². The summed E-state index contributed by atoms with van der Waals surface area (Å²) in [7, 11) is -1.27. The molecule has 0 bridgehead atoms. The Morgan fingerprint density at radius 1 is 1.26 bits per heavy atom. The maximum atomic E-state index is 12.3. The lowest BCUT2D eigenvalue weighted by molar-refractivity contribution is 0.0940. The Morgan fingerprint density at radius 3 is 2.26 bits per heavy atom. The van der Waals surface area contributed by atoms with Crippen molar-refractivity contribution in [2.75, 3.05) is 26.5 Å². The Bertz CT molecular complexity index is 648. The van der Waals surface area contributed by atoms with Crippen molar-refractivity contribution < 1.29 is 22.7 Å². The summed E-state index contributed by atoms with van der Waals surface area (Å²) in [4.78, 5) is 19.5. The molecule has 1 heterocycles. The SMILES string of the molecule is C=CCS(=O)(=O)c1c(OC)nc(C(=O)NCCCC)nc1OC. The second kappa shape index (κ2) is 8.47. The molecule has 8 nitrogen and oxygen atoms in total. The zero-order chi connectivity index (χ0) is 17.5. The lowest BCUT2D eigenvalue weighted by Gasteiger charge is -2.12. The van der Waals surface area contributed by atoms with Gasteiger partial charge in [0.2, 0.25) is 17.6 Å². The van der Waals surface area contributed by atoms with Crippen LogP contribution in [0.4, 0.5) is 0 Å². The number of amides is 1. The molecule has 0 saturated carbocycles. The summed E-state index contributed by atoms with van der Waals surface area (Å²) < 4.78 is 34.6. The third kappa shape index (κ3) is 4.65. The van der Waals surface area contributed by atoms with Gasteiger partial charge in [-0.25, -0.2) is 8.42 Å². The van der Waals surface area contributed by atoms with E-state index in [4.69, 9.17) is 9.47 Å². The van der Waals surface area contributed by atoms with E-state index >= 15 is 0 Å². The molecule has 0 saturated heterocycles. The molecule has 1 amide bonds. The Hall–Kier alpha value is -2.16. The highest BCUT2D eigenvalue weighted by molar-refractivity contribution is 7.91. The summed E-state index contributed by atoms with van der Waals surface area (Å²) in [5.74, 6) is -1.54. The van der Waals surface area contributed by atoms with E-state index < -0.39 is 15.7 Å². The molecule has 0 aliphatic rings. The molecule has 0 aliphatic carbocycles. The Morgan fingerprint density at radius 2 is 1.83 bits per heavy atom. The van der Waals surface area contributed by atoms with Gasteiger partial charge < -0.3 is 14.8 Å². The molecule has 1 aromatic heterocycles. The number of carbonyl (C=O) groups is 1. The number of aromatic nitrogens is 2. The number of carbonyl (C=O) groups excluding carboxylic acids is 1. The first kappa shape index (κ1) is 18.9. The van der Waals surface area contributed by atoms with Gasteiger partial charge in [0.15, 0.2) is 14.7 Å². The van der Waals surface area contributed by atoms with Crippen molar-refractivity contribution in [3.05, 3.63) is 18.5 Å². The van der Waals surface area contributed by atoms with Crippen LogP contribution in [-0.4, -0.2) is 50.8 Å². The average molecular weight is 343 g/mol. The van der Waals surface area contributed by atoms with Crippen molar-refractivity contribution >= 4 is 15.7 Å². The van der Waals surface area contributed by atoms with Crippen molar-refractivity contribution in [3.63, 3.8) is 0 Å². The summed E-state index contributed by atoms with van der Waals surface area (Å²) >= 11 is 0. The van der Waals surface area contributed by atoms with Crippen LogP contribution in [-0.2, 0) is 9.84 Å². The molecule has 23 heavy (non-hydrogen) atoms. The molecule has 0 spiro atoms. The van der Waals surface area contributed by atoms with Crippen LogP contribution >= 0.6 is 0 Å². The molecule has 1 rings (SSSR count). The lowest BCUT2D eigenvalue weighted by atomic mass is 10.3. The largest absolute Gasteiger partial charge is 0.480 e. The van der Waals surface area contributed by atoms with Crippen LogP contribution in [0.3, 0.4) is 0 Å². The molecule has 0 radical (unpaired) electrons. The van der Waals surface area contributed by atoms with E-state index in [1.54, 1.807) is 0 Å². The fourth-order valence-electron chi connectivity index (χ4n) is 1.75. The molecule has 0 unspecified atom stereocenters. The average Bonchev–Trinajstić information content (AvgIpc) is 2.53. The Kier molecular flexibility index (Phi) is 6.95. The number of sulfone groups is 1. The number of unbranched alkanes of at least 4 members (excludes halogenated alkanes) is 1. The highest BCUT2D eigenvalue weighted by Gasteiger charge is 2.29. The first-order valence-corrected chi connectivity index (χ1v) is 8.68. The topological polar surface area (TPSA) is 107 Å². The van der Waals surface area contributed by atoms with Crippen molar-refractivity contribution in [2.45, 2.75) is 24.7 Å². The predicted octanol–water partition coefficient (Wildman–Crippen LogP) is 0.983. The maximum Gasteiger partial charge on any atom is 0.289 e. The van der Waals surface area contributed by atoms with Crippen LogP contribution in [0.5, 0.6) is 11.8 Å². The molecule has 9 heteroatoms. The van der Waals surface area contributed by atoms with Gasteiger partial charge >= 0.3 is 0 Å². The normalized spacial score (nSPS) is 10.9. The van der Waals surface area contributed by atoms with Gasteiger partial charge in [-0.1, -0.05) is 19.4 Å². The van der Waals surface area contributed by atoms with Crippen LogP contribution < -0.4 is 14.8 Å². The number of hydrogen-bond acceptors (Lipinski definition) is 7. The summed E-state index contributed by atoms with van der Waals surface area (Å²) in [5, 5.41) is 2.65. The smallest absolute Gasteiger partial charge is 0.289 e. The summed E-state index contributed by atoms with van der Waals surface area (Å²) in [5.41, 5.74) is 0. The lowest BCUT2D eigenvalue weighted by Crippen LogP contribution is -2.27. The third-order valence-corrected chi connectivity index (χ3v) is 4.50. The number of ether oxygens (including phenoxy) is 2. The molecular formula is C14H21N3O5S. The molecule has 128 valence electrons. The zero-order valence-electron chi connectivity index (χ0n) is 13.5. The maximum absolute atomic E-state index is 12.3. The second-order valence-corrected chi connectivity index (χ2v) is 6.55. The first-order valence-electron chi connectivity index (χ1n) is 7.03. The number of nitrogens with zero attached hydrogens (tertiary/aromatic N) is 2. The van der Waals surface area contributed by atoms with Crippen LogP contribution in [0.2, 0.25) is 0 Å². The van der Waals surface area contributed by atoms with Crippen LogP contribution in [0.25, 0.3) is 0 Å². The number of methoxy groups -OCH3 is 2. The van der Waals surface area contributed by atoms with E-state index in [0.29, 0.717) is 6.54 Å². The van der Waals surface area contributed by atoms with E-state index in [9.17, 15) is 13.2 Å². The molecule has 1 N–H and O–H groups in total. The summed E-state index contributed by atoms with van der Waals surface area (Å²) in [6.07, 6.45) is 2.97. The third-order valence-electron chi connectivity index (χ3n) is 2.86. The van der Waals surface area contributed by atoms with Crippen LogP contribution in [0.1, 0.15) is 30.4 Å².